The molecule has 1 N–H and O–H groups in total. The summed E-state index contributed by atoms with van der Waals surface area (Å²) < 4.78 is 8.81. The van der Waals surface area contributed by atoms with Crippen LogP contribution in [0.25, 0.3) is 5.69 Å². The number of hydrogen-bond donors (Lipinski definition) is 1. The van der Waals surface area contributed by atoms with Gasteiger partial charge in [-0.3, -0.25) is 9.48 Å². The number of anilines is 1. The summed E-state index contributed by atoms with van der Waals surface area (Å²) in [7, 11) is 1.74. The topological polar surface area (TPSA) is 91.0 Å². The molecule has 8 nitrogen and oxygen atoms in total. The SMILES string of the molecule is Cc1cc(C)n(-c2ccc(C(=O)Oc3ccc(NC(=O)c4cnn(C)c4)cc3)cc2)n1. The molecule has 0 aliphatic heterocycles. The predicted octanol–water partition coefficient (Wildman–Crippen LogP) is 3.69. The Kier molecular flexibility index (Phi) is 5.36. The molecule has 0 aliphatic rings. The first-order valence-corrected chi connectivity index (χ1v) is 9.65. The van der Waals surface area contributed by atoms with Crippen molar-refractivity contribution in [3.8, 4) is 11.4 Å². The lowest BCUT2D eigenvalue weighted by molar-refractivity contribution is 0.0734. The second-order valence-electron chi connectivity index (χ2n) is 7.16. The molecule has 0 spiro atoms. The van der Waals surface area contributed by atoms with Crippen molar-refractivity contribution in [1.82, 2.24) is 19.6 Å². The minimum absolute atomic E-state index is 0.263. The Morgan fingerprint density at radius 3 is 2.26 bits per heavy atom. The summed E-state index contributed by atoms with van der Waals surface area (Å²) in [6.07, 6.45) is 3.12. The van der Waals surface area contributed by atoms with E-state index in [1.807, 2.05) is 36.7 Å². The number of aromatic nitrogens is 4. The van der Waals surface area contributed by atoms with E-state index in [2.05, 4.69) is 15.5 Å². The molecule has 4 aromatic rings. The van der Waals surface area contributed by atoms with Crippen LogP contribution in [0.3, 0.4) is 0 Å². The molecule has 0 fully saturated rings. The third-order valence-electron chi connectivity index (χ3n) is 4.65. The molecule has 0 aliphatic carbocycles. The highest BCUT2D eigenvalue weighted by molar-refractivity contribution is 6.04. The summed E-state index contributed by atoms with van der Waals surface area (Å²) in [5, 5.41) is 11.2. The fraction of sp³-hybridized carbons (Fsp3) is 0.130. The lowest BCUT2D eigenvalue weighted by atomic mass is 10.2. The Hall–Kier alpha value is -4.20. The number of nitrogens with zero attached hydrogens (tertiary/aromatic N) is 4. The Morgan fingerprint density at radius 1 is 0.968 bits per heavy atom. The average molecular weight is 415 g/mol. The molecule has 0 atom stereocenters. The van der Waals surface area contributed by atoms with Gasteiger partial charge in [0, 0.05) is 24.6 Å². The van der Waals surface area contributed by atoms with Crippen molar-refractivity contribution in [2.24, 2.45) is 7.05 Å². The fourth-order valence-electron chi connectivity index (χ4n) is 3.14. The number of nitrogens with one attached hydrogen (secondary N) is 1. The second kappa shape index (κ2) is 8.27. The quantitative estimate of drug-likeness (QED) is 0.396. The monoisotopic (exact) mass is 415 g/mol. The van der Waals surface area contributed by atoms with Crippen molar-refractivity contribution in [3.63, 3.8) is 0 Å². The second-order valence-corrected chi connectivity index (χ2v) is 7.16. The van der Waals surface area contributed by atoms with Gasteiger partial charge in [0.25, 0.3) is 5.91 Å². The van der Waals surface area contributed by atoms with Crippen LogP contribution in [0.4, 0.5) is 5.69 Å². The van der Waals surface area contributed by atoms with Crippen LogP contribution in [0.2, 0.25) is 0 Å². The van der Waals surface area contributed by atoms with E-state index in [4.69, 9.17) is 4.74 Å². The van der Waals surface area contributed by atoms with Crippen molar-refractivity contribution in [3.05, 3.63) is 89.5 Å². The number of rotatable bonds is 5. The number of aryl methyl sites for hydroxylation is 3. The zero-order valence-corrected chi connectivity index (χ0v) is 17.4. The summed E-state index contributed by atoms with van der Waals surface area (Å²) in [6.45, 7) is 3.91. The van der Waals surface area contributed by atoms with E-state index in [1.54, 1.807) is 54.3 Å². The molecule has 4 rings (SSSR count). The summed E-state index contributed by atoms with van der Waals surface area (Å²) in [5.41, 5.74) is 4.30. The maximum atomic E-state index is 12.5. The molecule has 0 saturated heterocycles. The van der Waals surface area contributed by atoms with Gasteiger partial charge in [0.1, 0.15) is 5.75 Å². The van der Waals surface area contributed by atoms with E-state index in [-0.39, 0.29) is 5.91 Å². The van der Waals surface area contributed by atoms with Gasteiger partial charge in [0.2, 0.25) is 0 Å². The van der Waals surface area contributed by atoms with E-state index in [0.29, 0.717) is 22.6 Å². The first-order valence-electron chi connectivity index (χ1n) is 9.65. The first-order chi connectivity index (χ1) is 14.9. The normalized spacial score (nSPS) is 10.7. The van der Waals surface area contributed by atoms with Crippen LogP contribution in [0.1, 0.15) is 32.1 Å². The van der Waals surface area contributed by atoms with Crippen molar-refractivity contribution in [2.45, 2.75) is 13.8 Å². The Bertz CT molecular complexity index is 1240. The third-order valence-corrected chi connectivity index (χ3v) is 4.65. The molecule has 31 heavy (non-hydrogen) atoms. The zero-order valence-electron chi connectivity index (χ0n) is 17.4. The molecule has 156 valence electrons. The maximum absolute atomic E-state index is 12.5. The standard InChI is InChI=1S/C23H21N5O3/c1-15-12-16(2)28(26-15)20-8-4-17(5-9-20)23(30)31-21-10-6-19(7-11-21)25-22(29)18-13-24-27(3)14-18/h4-14H,1-3H3,(H,25,29). The highest BCUT2D eigenvalue weighted by atomic mass is 16.5. The number of carbonyl (C=O) groups excluding carboxylic acids is 2. The fourth-order valence-corrected chi connectivity index (χ4v) is 3.14. The lowest BCUT2D eigenvalue weighted by Gasteiger charge is -2.08. The van der Waals surface area contributed by atoms with Gasteiger partial charge < -0.3 is 10.1 Å². The van der Waals surface area contributed by atoms with Gasteiger partial charge in [-0.15, -0.1) is 0 Å². The number of carbonyl (C=O) groups is 2. The Labute approximate surface area is 179 Å². The number of amides is 1. The van der Waals surface area contributed by atoms with Crippen LogP contribution < -0.4 is 10.1 Å². The van der Waals surface area contributed by atoms with Crippen molar-refractivity contribution in [2.75, 3.05) is 5.32 Å². The zero-order chi connectivity index (χ0) is 22.0. The summed E-state index contributed by atoms with van der Waals surface area (Å²) in [4.78, 5) is 24.6. The molecule has 0 bridgehead atoms. The van der Waals surface area contributed by atoms with Gasteiger partial charge in [0.15, 0.2) is 0 Å². The van der Waals surface area contributed by atoms with Crippen LogP contribution in [-0.4, -0.2) is 31.4 Å². The van der Waals surface area contributed by atoms with Gasteiger partial charge in [-0.2, -0.15) is 10.2 Å². The van der Waals surface area contributed by atoms with Crippen LogP contribution in [0.15, 0.2) is 67.0 Å². The van der Waals surface area contributed by atoms with E-state index in [9.17, 15) is 9.59 Å². The molecule has 0 saturated carbocycles. The summed E-state index contributed by atoms with van der Waals surface area (Å²) in [5.74, 6) is -0.348. The van der Waals surface area contributed by atoms with Crippen LogP contribution in [-0.2, 0) is 7.05 Å². The van der Waals surface area contributed by atoms with Crippen molar-refractivity contribution in [1.29, 1.82) is 0 Å². The van der Waals surface area contributed by atoms with Gasteiger partial charge >= 0.3 is 5.97 Å². The van der Waals surface area contributed by atoms with Crippen molar-refractivity contribution < 1.29 is 14.3 Å². The van der Waals surface area contributed by atoms with Gasteiger partial charge in [0.05, 0.1) is 28.7 Å². The van der Waals surface area contributed by atoms with E-state index in [1.165, 1.54) is 6.20 Å². The lowest BCUT2D eigenvalue weighted by Crippen LogP contribution is -2.11. The number of esters is 1. The van der Waals surface area contributed by atoms with Crippen LogP contribution in [0.5, 0.6) is 5.75 Å². The first kappa shape index (κ1) is 20.1. The van der Waals surface area contributed by atoms with E-state index in [0.717, 1.165) is 17.1 Å². The molecule has 2 aromatic heterocycles. The van der Waals surface area contributed by atoms with Gasteiger partial charge in [-0.25, -0.2) is 9.48 Å². The number of hydrogen-bond acceptors (Lipinski definition) is 5. The summed E-state index contributed by atoms with van der Waals surface area (Å²) in [6, 6.07) is 15.6. The molecule has 2 aromatic carbocycles. The Morgan fingerprint density at radius 2 is 1.68 bits per heavy atom. The largest absolute Gasteiger partial charge is 0.423 e. The molecule has 1 amide bonds. The van der Waals surface area contributed by atoms with Crippen LogP contribution >= 0.6 is 0 Å². The average Bonchev–Trinajstić information content (AvgIpc) is 3.34. The van der Waals surface area contributed by atoms with E-state index < -0.39 is 5.97 Å². The third kappa shape index (κ3) is 4.53. The summed E-state index contributed by atoms with van der Waals surface area (Å²) >= 11 is 0. The predicted molar refractivity (Wildman–Crippen MR) is 116 cm³/mol. The smallest absolute Gasteiger partial charge is 0.343 e. The Balaban J connectivity index is 1.39. The molecular formula is C23H21N5O3. The maximum Gasteiger partial charge on any atom is 0.343 e. The number of benzene rings is 2. The highest BCUT2D eigenvalue weighted by Crippen LogP contribution is 2.19. The van der Waals surface area contributed by atoms with Gasteiger partial charge in [-0.1, -0.05) is 0 Å². The van der Waals surface area contributed by atoms with E-state index >= 15 is 0 Å². The molecular weight excluding hydrogens is 394 g/mol. The molecule has 0 radical (unpaired) electrons. The van der Waals surface area contributed by atoms with Gasteiger partial charge in [-0.05, 0) is 68.4 Å². The highest BCUT2D eigenvalue weighted by Gasteiger charge is 2.11. The minimum Gasteiger partial charge on any atom is -0.423 e. The van der Waals surface area contributed by atoms with Crippen LogP contribution in [0, 0.1) is 13.8 Å². The molecule has 2 heterocycles. The molecule has 8 heteroatoms. The number of ether oxygens (including phenoxy) is 1. The van der Waals surface area contributed by atoms with Crippen molar-refractivity contribution >= 4 is 17.6 Å². The minimum atomic E-state index is -0.466. The molecule has 0 unspecified atom stereocenters.